The molecular formula is C15H12BrF3N2O2S. The molecule has 2 rings (SSSR count). The van der Waals surface area contributed by atoms with Crippen molar-refractivity contribution in [2.75, 3.05) is 10.6 Å². The van der Waals surface area contributed by atoms with Crippen molar-refractivity contribution in [1.29, 1.82) is 0 Å². The van der Waals surface area contributed by atoms with Gasteiger partial charge in [-0.3, -0.25) is 0 Å². The fourth-order valence-electron chi connectivity index (χ4n) is 1.99. The van der Waals surface area contributed by atoms with Gasteiger partial charge in [-0.15, -0.1) is 12.6 Å². The Kier molecular flexibility index (Phi) is 5.79. The number of amides is 2. The lowest BCUT2D eigenvalue weighted by Crippen LogP contribution is -2.21. The number of alkyl halides is 3. The molecule has 0 aliphatic carbocycles. The van der Waals surface area contributed by atoms with E-state index in [-0.39, 0.29) is 17.2 Å². The van der Waals surface area contributed by atoms with E-state index >= 15 is 0 Å². The van der Waals surface area contributed by atoms with E-state index in [0.717, 1.165) is 6.07 Å². The van der Waals surface area contributed by atoms with Crippen molar-refractivity contribution in [3.05, 3.63) is 52.0 Å². The van der Waals surface area contributed by atoms with Gasteiger partial charge in [0.1, 0.15) is 0 Å². The molecule has 0 saturated carbocycles. The quantitative estimate of drug-likeness (QED) is 0.534. The first-order chi connectivity index (χ1) is 11.2. The van der Waals surface area contributed by atoms with Crippen LogP contribution in [0.4, 0.5) is 29.3 Å². The van der Waals surface area contributed by atoms with Crippen LogP contribution >= 0.6 is 28.6 Å². The minimum atomic E-state index is -4.57. The van der Waals surface area contributed by atoms with Gasteiger partial charge in [0.15, 0.2) is 0 Å². The third-order valence-corrected chi connectivity index (χ3v) is 4.34. The van der Waals surface area contributed by atoms with E-state index in [1.807, 2.05) is 0 Å². The molecule has 0 aliphatic heterocycles. The Hall–Kier alpha value is -1.71. The summed E-state index contributed by atoms with van der Waals surface area (Å²) < 4.78 is 39.1. The molecule has 2 aromatic rings. The number of hydrogen-bond acceptors (Lipinski definition) is 3. The molecule has 0 heterocycles. The highest BCUT2D eigenvalue weighted by molar-refractivity contribution is 9.10. The summed E-state index contributed by atoms with van der Waals surface area (Å²) in [5, 5.41) is 14.1. The molecule has 0 spiro atoms. The second-order valence-corrected chi connectivity index (χ2v) is 6.00. The van der Waals surface area contributed by atoms with Crippen molar-refractivity contribution < 1.29 is 23.1 Å². The molecule has 2 amide bonds. The molecule has 4 nitrogen and oxygen atoms in total. The Morgan fingerprint density at radius 2 is 1.71 bits per heavy atom. The van der Waals surface area contributed by atoms with Crippen LogP contribution in [0.1, 0.15) is 11.1 Å². The highest BCUT2D eigenvalue weighted by Crippen LogP contribution is 2.37. The molecule has 0 fully saturated rings. The summed E-state index contributed by atoms with van der Waals surface area (Å²) >= 11 is 7.09. The van der Waals surface area contributed by atoms with Gasteiger partial charge in [-0.25, -0.2) is 4.79 Å². The molecule has 0 aromatic heterocycles. The van der Waals surface area contributed by atoms with Crippen molar-refractivity contribution in [3.63, 3.8) is 0 Å². The maximum Gasteiger partial charge on any atom is 0.417 e. The van der Waals surface area contributed by atoms with Crippen LogP contribution in [0.25, 0.3) is 0 Å². The first-order valence-electron chi connectivity index (χ1n) is 6.59. The van der Waals surface area contributed by atoms with Crippen LogP contribution in [0.5, 0.6) is 0 Å². The number of aliphatic hydroxyl groups is 1. The second kappa shape index (κ2) is 7.45. The van der Waals surface area contributed by atoms with Crippen molar-refractivity contribution >= 4 is 46.0 Å². The number of anilines is 2. The predicted octanol–water partition coefficient (Wildman–Crippen LogP) is 4.89. The predicted molar refractivity (Wildman–Crippen MR) is 91.4 cm³/mol. The van der Waals surface area contributed by atoms with E-state index in [1.54, 1.807) is 18.2 Å². The molecule has 24 heavy (non-hydrogen) atoms. The summed E-state index contributed by atoms with van der Waals surface area (Å²) in [4.78, 5) is 11.7. The normalized spacial score (nSPS) is 11.2. The van der Waals surface area contributed by atoms with Crippen LogP contribution in [-0.2, 0) is 12.8 Å². The average molecular weight is 421 g/mol. The molecule has 128 valence electrons. The number of urea groups is 1. The maximum atomic E-state index is 12.8. The highest BCUT2D eigenvalue weighted by Gasteiger charge is 2.33. The fourth-order valence-corrected chi connectivity index (χ4v) is 2.81. The topological polar surface area (TPSA) is 61.4 Å². The second-order valence-electron chi connectivity index (χ2n) is 4.70. The van der Waals surface area contributed by atoms with E-state index in [2.05, 4.69) is 39.2 Å². The third-order valence-electron chi connectivity index (χ3n) is 3.11. The first-order valence-corrected chi connectivity index (χ1v) is 7.83. The number of carbonyl (C=O) groups excluding carboxylic acids is 1. The summed E-state index contributed by atoms with van der Waals surface area (Å²) in [6.07, 6.45) is -4.57. The Labute approximate surface area is 149 Å². The number of thiol groups is 1. The lowest BCUT2D eigenvalue weighted by molar-refractivity contribution is -0.139. The number of halogens is 4. The van der Waals surface area contributed by atoms with Crippen LogP contribution in [0, 0.1) is 0 Å². The Morgan fingerprint density at radius 1 is 1.12 bits per heavy atom. The van der Waals surface area contributed by atoms with E-state index < -0.39 is 17.8 Å². The lowest BCUT2D eigenvalue weighted by atomic mass is 10.2. The van der Waals surface area contributed by atoms with E-state index in [4.69, 9.17) is 0 Å². The number of hydrogen-bond donors (Lipinski definition) is 4. The standard InChI is InChI=1S/C15H12BrF3N2O2S/c16-10-4-2-5-11(8(10)7-22)20-14(23)21-12-6-1-3-9(13(12)24)15(17,18)19/h1-6,22,24H,7H2,(H2,20,21,23). The van der Waals surface area contributed by atoms with Crippen molar-refractivity contribution in [3.8, 4) is 0 Å². The zero-order chi connectivity index (χ0) is 17.9. The molecule has 0 atom stereocenters. The summed E-state index contributed by atoms with van der Waals surface area (Å²) in [6.45, 7) is -0.321. The van der Waals surface area contributed by atoms with Crippen molar-refractivity contribution in [2.24, 2.45) is 0 Å². The van der Waals surface area contributed by atoms with Gasteiger partial charge in [-0.2, -0.15) is 13.2 Å². The molecule has 0 unspecified atom stereocenters. The van der Waals surface area contributed by atoms with Crippen molar-refractivity contribution in [1.82, 2.24) is 0 Å². The molecule has 0 saturated heterocycles. The zero-order valence-electron chi connectivity index (χ0n) is 12.0. The minimum absolute atomic E-state index is 0.0776. The molecule has 3 N–H and O–H groups in total. The SMILES string of the molecule is O=C(Nc1cccc(C(F)(F)F)c1S)Nc1cccc(Br)c1CO. The highest BCUT2D eigenvalue weighted by atomic mass is 79.9. The lowest BCUT2D eigenvalue weighted by Gasteiger charge is -2.15. The van der Waals surface area contributed by atoms with Gasteiger partial charge >= 0.3 is 12.2 Å². The van der Waals surface area contributed by atoms with Crippen LogP contribution < -0.4 is 10.6 Å². The van der Waals surface area contributed by atoms with E-state index in [9.17, 15) is 23.1 Å². The number of rotatable bonds is 3. The van der Waals surface area contributed by atoms with Gasteiger partial charge < -0.3 is 15.7 Å². The monoisotopic (exact) mass is 420 g/mol. The maximum absolute atomic E-state index is 12.8. The number of carbonyl (C=O) groups is 1. The van der Waals surface area contributed by atoms with Gasteiger partial charge in [0.05, 0.1) is 17.9 Å². The van der Waals surface area contributed by atoms with Crippen LogP contribution in [0.3, 0.4) is 0 Å². The summed E-state index contributed by atoms with van der Waals surface area (Å²) in [7, 11) is 0. The summed E-state index contributed by atoms with van der Waals surface area (Å²) in [6, 6.07) is 7.51. The molecule has 2 aromatic carbocycles. The van der Waals surface area contributed by atoms with Gasteiger partial charge in [-0.1, -0.05) is 28.1 Å². The van der Waals surface area contributed by atoms with Gasteiger partial charge in [0, 0.05) is 20.6 Å². The largest absolute Gasteiger partial charge is 0.417 e. The molecule has 0 bridgehead atoms. The average Bonchev–Trinajstić information content (AvgIpc) is 2.48. The minimum Gasteiger partial charge on any atom is -0.392 e. The Balaban J connectivity index is 2.21. The van der Waals surface area contributed by atoms with E-state index in [0.29, 0.717) is 15.7 Å². The van der Waals surface area contributed by atoms with Gasteiger partial charge in [-0.05, 0) is 24.3 Å². The van der Waals surface area contributed by atoms with Crippen molar-refractivity contribution in [2.45, 2.75) is 17.7 Å². The van der Waals surface area contributed by atoms with Crippen LogP contribution in [0.15, 0.2) is 45.8 Å². The number of nitrogens with one attached hydrogen (secondary N) is 2. The van der Waals surface area contributed by atoms with Crippen LogP contribution in [0.2, 0.25) is 0 Å². The summed E-state index contributed by atoms with van der Waals surface area (Å²) in [5.41, 5.74) is -0.242. The smallest absolute Gasteiger partial charge is 0.392 e. The number of aliphatic hydroxyl groups excluding tert-OH is 1. The first kappa shape index (κ1) is 18.6. The zero-order valence-corrected chi connectivity index (χ0v) is 14.5. The molecule has 9 heteroatoms. The van der Waals surface area contributed by atoms with Crippen LogP contribution in [-0.4, -0.2) is 11.1 Å². The Morgan fingerprint density at radius 3 is 2.33 bits per heavy atom. The fraction of sp³-hybridized carbons (Fsp3) is 0.133. The Bertz CT molecular complexity index is 769. The molecular weight excluding hydrogens is 409 g/mol. The molecule has 0 aliphatic rings. The van der Waals surface area contributed by atoms with Gasteiger partial charge in [0.2, 0.25) is 0 Å². The summed E-state index contributed by atoms with van der Waals surface area (Å²) in [5.74, 6) is 0. The third kappa shape index (κ3) is 4.22. The number of benzene rings is 2. The molecule has 0 radical (unpaired) electrons. The van der Waals surface area contributed by atoms with E-state index in [1.165, 1.54) is 12.1 Å². The van der Waals surface area contributed by atoms with Gasteiger partial charge in [0.25, 0.3) is 0 Å².